The van der Waals surface area contributed by atoms with Crippen molar-refractivity contribution < 1.29 is 9.13 Å². The molecule has 0 saturated heterocycles. The number of anilines is 1. The van der Waals surface area contributed by atoms with Gasteiger partial charge in [0.25, 0.3) is 0 Å². The van der Waals surface area contributed by atoms with Gasteiger partial charge in [0.1, 0.15) is 18.2 Å². The second-order valence-electron chi connectivity index (χ2n) is 5.54. The number of ether oxygens (including phenoxy) is 1. The quantitative estimate of drug-likeness (QED) is 0.543. The normalized spacial score (nSPS) is 10.5. The second kappa shape index (κ2) is 8.24. The number of rotatable bonds is 6. The van der Waals surface area contributed by atoms with E-state index in [9.17, 15) is 4.39 Å². The van der Waals surface area contributed by atoms with Gasteiger partial charge in [-0.1, -0.05) is 47.5 Å². The highest BCUT2D eigenvalue weighted by Crippen LogP contribution is 2.26. The van der Waals surface area contributed by atoms with Crippen molar-refractivity contribution in [1.29, 1.82) is 0 Å². The van der Waals surface area contributed by atoms with E-state index in [4.69, 9.17) is 27.9 Å². The molecule has 0 spiro atoms. The van der Waals surface area contributed by atoms with Crippen LogP contribution in [0, 0.1) is 5.82 Å². The van der Waals surface area contributed by atoms with Crippen molar-refractivity contribution in [2.75, 3.05) is 5.32 Å². The highest BCUT2D eigenvalue weighted by atomic mass is 35.5. The molecule has 1 N–H and O–H groups in total. The number of benzene rings is 3. The summed E-state index contributed by atoms with van der Waals surface area (Å²) >= 11 is 12.0. The second-order valence-corrected chi connectivity index (χ2v) is 6.38. The van der Waals surface area contributed by atoms with Crippen LogP contribution in [0.15, 0.2) is 66.7 Å². The molecule has 3 aromatic rings. The molecule has 0 aliphatic rings. The molecule has 0 aromatic heterocycles. The highest BCUT2D eigenvalue weighted by molar-refractivity contribution is 6.36. The monoisotopic (exact) mass is 375 g/mol. The number of halogens is 3. The summed E-state index contributed by atoms with van der Waals surface area (Å²) in [6, 6.07) is 19.4. The summed E-state index contributed by atoms with van der Waals surface area (Å²) in [6.45, 7) is 1.04. The first-order chi connectivity index (χ1) is 12.1. The zero-order valence-corrected chi connectivity index (χ0v) is 14.8. The Morgan fingerprint density at radius 3 is 2.20 bits per heavy atom. The Bertz CT molecular complexity index is 835. The minimum Gasteiger partial charge on any atom is -0.489 e. The van der Waals surface area contributed by atoms with E-state index in [0.29, 0.717) is 23.2 Å². The Labute approximate surface area is 156 Å². The van der Waals surface area contributed by atoms with Crippen molar-refractivity contribution >= 4 is 28.9 Å². The number of hydrogen-bond acceptors (Lipinski definition) is 2. The van der Waals surface area contributed by atoms with Crippen LogP contribution in [0.2, 0.25) is 10.0 Å². The summed E-state index contributed by atoms with van der Waals surface area (Å²) < 4.78 is 18.6. The van der Waals surface area contributed by atoms with Crippen molar-refractivity contribution in [2.24, 2.45) is 0 Å². The van der Waals surface area contributed by atoms with Gasteiger partial charge in [-0.25, -0.2) is 4.39 Å². The van der Waals surface area contributed by atoms with Gasteiger partial charge in [-0.3, -0.25) is 0 Å². The largest absolute Gasteiger partial charge is 0.489 e. The van der Waals surface area contributed by atoms with Crippen molar-refractivity contribution in [3.8, 4) is 5.75 Å². The van der Waals surface area contributed by atoms with Crippen LogP contribution >= 0.6 is 23.2 Å². The number of nitrogens with one attached hydrogen (secondary N) is 1. The Morgan fingerprint density at radius 1 is 0.840 bits per heavy atom. The first-order valence-corrected chi connectivity index (χ1v) is 8.51. The maximum atomic E-state index is 12.9. The zero-order valence-electron chi connectivity index (χ0n) is 13.3. The molecule has 0 atom stereocenters. The van der Waals surface area contributed by atoms with Gasteiger partial charge in [0.2, 0.25) is 0 Å². The molecule has 0 fully saturated rings. The average molecular weight is 376 g/mol. The molecule has 0 aliphatic carbocycles. The van der Waals surface area contributed by atoms with Gasteiger partial charge in [-0.2, -0.15) is 0 Å². The Hall–Kier alpha value is -2.23. The lowest BCUT2D eigenvalue weighted by molar-refractivity contribution is 0.306. The van der Waals surface area contributed by atoms with Gasteiger partial charge in [0, 0.05) is 11.6 Å². The predicted octanol–water partition coefficient (Wildman–Crippen LogP) is 6.32. The third-order valence-corrected chi connectivity index (χ3v) is 4.20. The number of hydrogen-bond donors (Lipinski definition) is 1. The fourth-order valence-corrected chi connectivity index (χ4v) is 2.76. The summed E-state index contributed by atoms with van der Waals surface area (Å²) in [5.74, 6) is 0.513. The minimum absolute atomic E-state index is 0.249. The van der Waals surface area contributed by atoms with Crippen LogP contribution in [-0.2, 0) is 13.2 Å². The van der Waals surface area contributed by atoms with E-state index >= 15 is 0 Å². The smallest absolute Gasteiger partial charge is 0.123 e. The summed E-state index contributed by atoms with van der Waals surface area (Å²) in [5, 5.41) is 4.47. The van der Waals surface area contributed by atoms with E-state index in [1.807, 2.05) is 30.3 Å². The molecule has 0 unspecified atom stereocenters. The molecule has 0 aliphatic heterocycles. The van der Waals surface area contributed by atoms with Crippen molar-refractivity contribution in [2.45, 2.75) is 13.2 Å². The molecule has 5 heteroatoms. The van der Waals surface area contributed by atoms with Crippen LogP contribution in [0.3, 0.4) is 0 Å². The minimum atomic E-state index is -0.249. The van der Waals surface area contributed by atoms with Gasteiger partial charge < -0.3 is 10.1 Å². The molecule has 0 radical (unpaired) electrons. The average Bonchev–Trinajstić information content (AvgIpc) is 2.61. The molecule has 3 aromatic carbocycles. The molecule has 0 bridgehead atoms. The van der Waals surface area contributed by atoms with Crippen molar-refractivity contribution in [3.63, 3.8) is 0 Å². The predicted molar refractivity (Wildman–Crippen MR) is 101 cm³/mol. The molecule has 0 heterocycles. The van der Waals surface area contributed by atoms with Crippen LogP contribution in [0.25, 0.3) is 0 Å². The maximum Gasteiger partial charge on any atom is 0.123 e. The molecular formula is C20H16Cl2FNO. The Kier molecular flexibility index (Phi) is 5.79. The van der Waals surface area contributed by atoms with Crippen molar-refractivity contribution in [1.82, 2.24) is 0 Å². The molecule has 3 rings (SSSR count). The molecule has 128 valence electrons. The molecule has 0 saturated carbocycles. The molecule has 2 nitrogen and oxygen atoms in total. The SMILES string of the molecule is Fc1ccc(COc2ccc(CNc3ccc(Cl)cc3Cl)cc2)cc1. The third-order valence-electron chi connectivity index (χ3n) is 3.66. The van der Waals surface area contributed by atoms with E-state index in [0.717, 1.165) is 22.6 Å². The first kappa shape index (κ1) is 17.6. The van der Waals surface area contributed by atoms with Gasteiger partial charge in [-0.15, -0.1) is 0 Å². The zero-order chi connectivity index (χ0) is 17.6. The van der Waals surface area contributed by atoms with Gasteiger partial charge >= 0.3 is 0 Å². The summed E-state index contributed by atoms with van der Waals surface area (Å²) in [7, 11) is 0. The topological polar surface area (TPSA) is 21.3 Å². The van der Waals surface area contributed by atoms with E-state index in [1.54, 1.807) is 24.3 Å². The Morgan fingerprint density at radius 2 is 1.52 bits per heavy atom. The van der Waals surface area contributed by atoms with Crippen LogP contribution in [0.1, 0.15) is 11.1 Å². The van der Waals surface area contributed by atoms with Crippen LogP contribution < -0.4 is 10.1 Å². The van der Waals surface area contributed by atoms with Crippen LogP contribution in [-0.4, -0.2) is 0 Å². The summed E-state index contributed by atoms with van der Waals surface area (Å²) in [5.41, 5.74) is 2.85. The van der Waals surface area contributed by atoms with Crippen LogP contribution in [0.4, 0.5) is 10.1 Å². The van der Waals surface area contributed by atoms with E-state index < -0.39 is 0 Å². The van der Waals surface area contributed by atoms with E-state index in [-0.39, 0.29) is 5.82 Å². The lowest BCUT2D eigenvalue weighted by atomic mass is 10.2. The molecular weight excluding hydrogens is 360 g/mol. The fourth-order valence-electron chi connectivity index (χ4n) is 2.28. The lowest BCUT2D eigenvalue weighted by Gasteiger charge is -2.10. The molecule has 0 amide bonds. The lowest BCUT2D eigenvalue weighted by Crippen LogP contribution is -2.00. The summed E-state index contributed by atoms with van der Waals surface area (Å²) in [6.07, 6.45) is 0. The van der Waals surface area contributed by atoms with Gasteiger partial charge in [0.15, 0.2) is 0 Å². The van der Waals surface area contributed by atoms with Crippen LogP contribution in [0.5, 0.6) is 5.75 Å². The third kappa shape index (κ3) is 5.12. The van der Waals surface area contributed by atoms with Gasteiger partial charge in [-0.05, 0) is 53.6 Å². The van der Waals surface area contributed by atoms with E-state index in [2.05, 4.69) is 5.32 Å². The first-order valence-electron chi connectivity index (χ1n) is 7.75. The summed E-state index contributed by atoms with van der Waals surface area (Å²) in [4.78, 5) is 0. The van der Waals surface area contributed by atoms with Gasteiger partial charge in [0.05, 0.1) is 10.7 Å². The highest BCUT2D eigenvalue weighted by Gasteiger charge is 2.02. The maximum absolute atomic E-state index is 12.9. The van der Waals surface area contributed by atoms with E-state index in [1.165, 1.54) is 12.1 Å². The fraction of sp³-hybridized carbons (Fsp3) is 0.100. The standard InChI is InChI=1S/C20H16Cl2FNO/c21-16-5-10-20(19(22)11-16)24-12-14-3-8-18(9-4-14)25-13-15-1-6-17(23)7-2-15/h1-11,24H,12-13H2. The Balaban J connectivity index is 1.54. The molecule has 25 heavy (non-hydrogen) atoms. The van der Waals surface area contributed by atoms with Crippen molar-refractivity contribution in [3.05, 3.63) is 93.7 Å².